The van der Waals surface area contributed by atoms with Crippen molar-refractivity contribution in [1.82, 2.24) is 10.4 Å². The predicted molar refractivity (Wildman–Crippen MR) is 123 cm³/mol. The molecular weight excluding hydrogens is 370 g/mol. The number of amides is 1. The van der Waals surface area contributed by atoms with Crippen LogP contribution >= 0.6 is 0 Å². The second-order valence-corrected chi connectivity index (χ2v) is 8.71. The lowest BCUT2D eigenvalue weighted by molar-refractivity contribution is -0.123. The molecule has 1 unspecified atom stereocenters. The molecule has 1 saturated carbocycles. The van der Waals surface area contributed by atoms with E-state index in [1.165, 1.54) is 37.7 Å². The second-order valence-electron chi connectivity index (χ2n) is 8.71. The minimum absolute atomic E-state index is 0.0173. The Morgan fingerprint density at radius 1 is 0.967 bits per heavy atom. The molecule has 1 heterocycles. The molecule has 1 fully saturated rings. The summed E-state index contributed by atoms with van der Waals surface area (Å²) in [6, 6.07) is 18.5. The van der Waals surface area contributed by atoms with E-state index in [2.05, 4.69) is 53.9 Å². The van der Waals surface area contributed by atoms with Crippen LogP contribution in [0.4, 0.5) is 5.69 Å². The second kappa shape index (κ2) is 9.29. The van der Waals surface area contributed by atoms with Crippen LogP contribution in [0, 0.1) is 5.92 Å². The third-order valence-electron chi connectivity index (χ3n) is 6.29. The van der Waals surface area contributed by atoms with Crippen molar-refractivity contribution < 1.29 is 4.79 Å². The van der Waals surface area contributed by atoms with Crippen LogP contribution in [0.2, 0.25) is 0 Å². The number of hydrogen-bond acceptors (Lipinski definition) is 3. The topological polar surface area (TPSA) is 54.0 Å². The summed E-state index contributed by atoms with van der Waals surface area (Å²) in [6.07, 6.45) is 8.38. The van der Waals surface area contributed by atoms with Crippen LogP contribution in [0.15, 0.2) is 60.8 Å². The molecule has 0 aliphatic heterocycles. The summed E-state index contributed by atoms with van der Waals surface area (Å²) < 4.78 is 0. The van der Waals surface area contributed by atoms with Crippen LogP contribution in [-0.2, 0) is 4.79 Å². The summed E-state index contributed by atoms with van der Waals surface area (Å²) >= 11 is 0. The molecule has 4 heteroatoms. The summed E-state index contributed by atoms with van der Waals surface area (Å²) in [5, 5.41) is 0.984. The van der Waals surface area contributed by atoms with Gasteiger partial charge in [0.1, 0.15) is 0 Å². The zero-order valence-corrected chi connectivity index (χ0v) is 17.9. The fourth-order valence-corrected chi connectivity index (χ4v) is 4.67. The molecule has 0 radical (unpaired) electrons. The van der Waals surface area contributed by atoms with Gasteiger partial charge in [-0.3, -0.25) is 20.6 Å². The van der Waals surface area contributed by atoms with Gasteiger partial charge in [-0.25, -0.2) is 0 Å². The Morgan fingerprint density at radius 2 is 1.73 bits per heavy atom. The molecule has 3 aromatic rings. The van der Waals surface area contributed by atoms with Crippen LogP contribution in [0.1, 0.15) is 68.9 Å². The number of nitrogens with zero attached hydrogens (tertiary/aromatic N) is 1. The number of hydrogen-bond donors (Lipinski definition) is 2. The van der Waals surface area contributed by atoms with Crippen LogP contribution < -0.4 is 10.9 Å². The zero-order valence-electron chi connectivity index (χ0n) is 17.9. The summed E-state index contributed by atoms with van der Waals surface area (Å²) in [4.78, 5) is 17.5. The van der Waals surface area contributed by atoms with Crippen molar-refractivity contribution in [3.05, 3.63) is 71.9 Å². The molecule has 4 rings (SSSR count). The van der Waals surface area contributed by atoms with Crippen LogP contribution in [-0.4, -0.2) is 10.9 Å². The number of rotatable bonds is 6. The first-order valence-corrected chi connectivity index (χ1v) is 11.1. The van der Waals surface area contributed by atoms with Crippen molar-refractivity contribution in [3.8, 4) is 0 Å². The van der Waals surface area contributed by atoms with Gasteiger partial charge in [0.2, 0.25) is 5.91 Å². The lowest BCUT2D eigenvalue weighted by atomic mass is 9.82. The van der Waals surface area contributed by atoms with Gasteiger partial charge in [0.25, 0.3) is 0 Å². The average Bonchev–Trinajstić information content (AvgIpc) is 2.78. The Kier molecular flexibility index (Phi) is 6.32. The largest absolute Gasteiger partial charge is 0.298 e. The first kappa shape index (κ1) is 20.4. The highest BCUT2D eigenvalue weighted by Crippen LogP contribution is 2.34. The molecule has 2 N–H and O–H groups in total. The fraction of sp³-hybridized carbons (Fsp3) is 0.385. The number of fused-ring (bicyclic) bond motifs is 1. The molecule has 1 aromatic heterocycles. The smallest absolute Gasteiger partial charge is 0.246 e. The van der Waals surface area contributed by atoms with E-state index >= 15 is 0 Å². The van der Waals surface area contributed by atoms with Gasteiger partial charge in [-0.1, -0.05) is 63.4 Å². The number of nitrogens with one attached hydrogen (secondary N) is 2. The van der Waals surface area contributed by atoms with E-state index in [1.54, 1.807) is 6.20 Å². The van der Waals surface area contributed by atoms with Gasteiger partial charge in [-0.15, -0.1) is 0 Å². The summed E-state index contributed by atoms with van der Waals surface area (Å²) in [5.74, 6) is 0.657. The van der Waals surface area contributed by atoms with Gasteiger partial charge < -0.3 is 0 Å². The van der Waals surface area contributed by atoms with Gasteiger partial charge in [-0.05, 0) is 60.1 Å². The van der Waals surface area contributed by atoms with Gasteiger partial charge in [0.05, 0.1) is 17.1 Å². The fourth-order valence-electron chi connectivity index (χ4n) is 4.67. The van der Waals surface area contributed by atoms with Gasteiger partial charge in [0.15, 0.2) is 0 Å². The van der Waals surface area contributed by atoms with E-state index in [-0.39, 0.29) is 17.7 Å². The normalized spacial score (nSPS) is 15.8. The number of benzene rings is 2. The van der Waals surface area contributed by atoms with Crippen molar-refractivity contribution in [2.75, 3.05) is 5.43 Å². The number of aromatic nitrogens is 1. The molecule has 156 valence electrons. The lowest BCUT2D eigenvalue weighted by Crippen LogP contribution is -2.36. The van der Waals surface area contributed by atoms with E-state index in [0.717, 1.165) is 22.2 Å². The van der Waals surface area contributed by atoms with Crippen molar-refractivity contribution in [2.24, 2.45) is 5.92 Å². The van der Waals surface area contributed by atoms with E-state index in [0.29, 0.717) is 5.92 Å². The molecule has 4 nitrogen and oxygen atoms in total. The third kappa shape index (κ3) is 4.48. The molecule has 0 spiro atoms. The van der Waals surface area contributed by atoms with Gasteiger partial charge in [0, 0.05) is 11.6 Å². The molecule has 1 atom stereocenters. The molecule has 30 heavy (non-hydrogen) atoms. The first-order valence-electron chi connectivity index (χ1n) is 11.1. The van der Waals surface area contributed by atoms with Crippen LogP contribution in [0.25, 0.3) is 10.9 Å². The Bertz CT molecular complexity index is 985. The standard InChI is InChI=1S/C26H31N3O/c1-18(2)25(21-15-13-20(14-16-21)19-8-4-3-5-9-19)26(30)29-28-24-12-6-11-23-22(24)10-7-17-27-23/h6-7,10-19,25,28H,3-5,8-9H2,1-2H3,(H,29,30). The quantitative estimate of drug-likeness (QED) is 0.486. The van der Waals surface area contributed by atoms with E-state index in [4.69, 9.17) is 0 Å². The molecule has 2 aromatic carbocycles. The Labute approximate surface area is 179 Å². The number of carbonyl (C=O) groups excluding carboxylic acids is 1. The molecule has 1 amide bonds. The monoisotopic (exact) mass is 401 g/mol. The molecule has 0 saturated heterocycles. The highest BCUT2D eigenvalue weighted by molar-refractivity contribution is 5.92. The van der Waals surface area contributed by atoms with Crippen molar-refractivity contribution in [1.29, 1.82) is 0 Å². The highest BCUT2D eigenvalue weighted by Gasteiger charge is 2.25. The first-order chi connectivity index (χ1) is 14.6. The van der Waals surface area contributed by atoms with Crippen LogP contribution in [0.5, 0.6) is 0 Å². The minimum Gasteiger partial charge on any atom is -0.298 e. The lowest BCUT2D eigenvalue weighted by Gasteiger charge is -2.24. The van der Waals surface area contributed by atoms with Gasteiger partial charge >= 0.3 is 0 Å². The molecule has 1 aliphatic carbocycles. The van der Waals surface area contributed by atoms with E-state index in [1.807, 2.05) is 30.3 Å². The SMILES string of the molecule is CC(C)C(C(=O)NNc1cccc2ncccc12)c1ccc(C2CCCCC2)cc1. The highest BCUT2D eigenvalue weighted by atomic mass is 16.2. The number of anilines is 1. The van der Waals surface area contributed by atoms with Crippen molar-refractivity contribution >= 4 is 22.5 Å². The number of hydrazine groups is 1. The van der Waals surface area contributed by atoms with E-state index < -0.39 is 0 Å². The van der Waals surface area contributed by atoms with E-state index in [9.17, 15) is 4.79 Å². The summed E-state index contributed by atoms with van der Waals surface area (Å²) in [7, 11) is 0. The maximum atomic E-state index is 13.1. The zero-order chi connectivity index (χ0) is 20.9. The molecular formula is C26H31N3O. The summed E-state index contributed by atoms with van der Waals surface area (Å²) in [6.45, 7) is 4.20. The maximum Gasteiger partial charge on any atom is 0.246 e. The van der Waals surface area contributed by atoms with Crippen molar-refractivity contribution in [3.63, 3.8) is 0 Å². The third-order valence-corrected chi connectivity index (χ3v) is 6.29. The van der Waals surface area contributed by atoms with Crippen LogP contribution in [0.3, 0.4) is 0 Å². The molecule has 0 bridgehead atoms. The Morgan fingerprint density at radius 3 is 2.47 bits per heavy atom. The minimum atomic E-state index is -0.203. The average molecular weight is 402 g/mol. The Balaban J connectivity index is 1.47. The predicted octanol–water partition coefficient (Wildman–Crippen LogP) is 6.17. The number of pyridine rings is 1. The maximum absolute atomic E-state index is 13.1. The van der Waals surface area contributed by atoms with Crippen molar-refractivity contribution in [2.45, 2.75) is 57.8 Å². The Hall–Kier alpha value is -2.88. The van der Waals surface area contributed by atoms with Gasteiger partial charge in [-0.2, -0.15) is 0 Å². The number of carbonyl (C=O) groups is 1. The molecule has 1 aliphatic rings. The summed E-state index contributed by atoms with van der Waals surface area (Å²) in [5.41, 5.74) is 10.3.